The number of carbonyl (C=O) groups excluding carboxylic acids is 1. The van der Waals surface area contributed by atoms with Crippen LogP contribution < -0.4 is 0 Å². The number of hydrogen-bond acceptors (Lipinski definition) is 3. The number of methoxy groups -OCH3 is 1. The first-order valence-corrected chi connectivity index (χ1v) is 4.72. The van der Waals surface area contributed by atoms with E-state index in [0.717, 1.165) is 0 Å². The van der Waals surface area contributed by atoms with Gasteiger partial charge >= 0.3 is 11.9 Å². The maximum atomic E-state index is 11.4. The van der Waals surface area contributed by atoms with Crippen molar-refractivity contribution in [3.63, 3.8) is 0 Å². The predicted molar refractivity (Wildman–Crippen MR) is 49.6 cm³/mol. The number of hydrogen-bond donors (Lipinski definition) is 1. The first kappa shape index (κ1) is 11.0. The van der Waals surface area contributed by atoms with Gasteiger partial charge in [-0.1, -0.05) is 13.8 Å². The van der Waals surface area contributed by atoms with Gasteiger partial charge in [-0.25, -0.2) is 0 Å². The molecule has 1 N–H and O–H groups in total. The molecule has 0 aromatic carbocycles. The molecule has 4 heteroatoms. The molecule has 0 aromatic heterocycles. The van der Waals surface area contributed by atoms with Gasteiger partial charge < -0.3 is 9.84 Å². The third kappa shape index (κ3) is 1.61. The zero-order valence-electron chi connectivity index (χ0n) is 8.74. The van der Waals surface area contributed by atoms with Gasteiger partial charge in [-0.2, -0.15) is 0 Å². The second-order valence-corrected chi connectivity index (χ2v) is 4.37. The Morgan fingerprint density at radius 3 is 2.14 bits per heavy atom. The lowest BCUT2D eigenvalue weighted by Gasteiger charge is -2.28. The average molecular weight is 200 g/mol. The van der Waals surface area contributed by atoms with E-state index in [1.165, 1.54) is 7.11 Å². The fraction of sp³-hybridized carbons (Fsp3) is 0.800. The number of aliphatic carboxylic acids is 1. The van der Waals surface area contributed by atoms with Crippen molar-refractivity contribution in [1.29, 1.82) is 0 Å². The lowest BCUT2D eigenvalue weighted by Crippen LogP contribution is -2.34. The van der Waals surface area contributed by atoms with Crippen molar-refractivity contribution in [2.24, 2.45) is 17.3 Å². The van der Waals surface area contributed by atoms with Gasteiger partial charge in [0.25, 0.3) is 0 Å². The van der Waals surface area contributed by atoms with Crippen LogP contribution in [-0.4, -0.2) is 24.2 Å². The molecule has 0 aliphatic heterocycles. The number of rotatable bonds is 2. The highest BCUT2D eigenvalue weighted by Gasteiger charge is 2.50. The van der Waals surface area contributed by atoms with Crippen LogP contribution in [0.15, 0.2) is 0 Å². The standard InChI is InChI=1S/C10H16O4/c1-10(2)6(8(11)12)4-5-7(10)9(13)14-3/h6-7H,4-5H2,1-3H3,(H,11,12). The smallest absolute Gasteiger partial charge is 0.309 e. The van der Waals surface area contributed by atoms with E-state index >= 15 is 0 Å². The molecule has 0 heterocycles. The molecular weight excluding hydrogens is 184 g/mol. The molecule has 2 unspecified atom stereocenters. The van der Waals surface area contributed by atoms with Crippen LogP contribution >= 0.6 is 0 Å². The third-order valence-corrected chi connectivity index (χ3v) is 3.32. The maximum absolute atomic E-state index is 11.4. The lowest BCUT2D eigenvalue weighted by molar-refractivity contribution is -0.152. The molecule has 1 aliphatic carbocycles. The van der Waals surface area contributed by atoms with Gasteiger partial charge in [-0.3, -0.25) is 9.59 Å². The van der Waals surface area contributed by atoms with Gasteiger partial charge in [0.2, 0.25) is 0 Å². The largest absolute Gasteiger partial charge is 0.481 e. The fourth-order valence-corrected chi connectivity index (χ4v) is 2.33. The molecule has 1 fully saturated rings. The number of carboxylic acids is 1. The molecule has 1 aliphatic rings. The maximum Gasteiger partial charge on any atom is 0.309 e. The van der Waals surface area contributed by atoms with Crippen molar-refractivity contribution < 1.29 is 19.4 Å². The van der Waals surface area contributed by atoms with Crippen LogP contribution in [0.1, 0.15) is 26.7 Å². The molecule has 0 spiro atoms. The van der Waals surface area contributed by atoms with Crippen molar-refractivity contribution in [2.45, 2.75) is 26.7 Å². The predicted octanol–water partition coefficient (Wildman–Crippen LogP) is 1.30. The molecule has 14 heavy (non-hydrogen) atoms. The second kappa shape index (κ2) is 3.59. The molecule has 1 rings (SSSR count). The van der Waals surface area contributed by atoms with Gasteiger partial charge in [0.05, 0.1) is 18.9 Å². The zero-order chi connectivity index (χ0) is 10.9. The van der Waals surface area contributed by atoms with Crippen LogP contribution in [0, 0.1) is 17.3 Å². The normalized spacial score (nSPS) is 29.9. The van der Waals surface area contributed by atoms with E-state index in [4.69, 9.17) is 5.11 Å². The van der Waals surface area contributed by atoms with Gasteiger partial charge in [0.15, 0.2) is 0 Å². The Morgan fingerprint density at radius 1 is 1.29 bits per heavy atom. The molecule has 4 nitrogen and oxygen atoms in total. The molecule has 0 aromatic rings. The number of esters is 1. The Labute approximate surface area is 83.2 Å². The number of ether oxygens (including phenoxy) is 1. The Kier molecular flexibility index (Phi) is 2.83. The van der Waals surface area contributed by atoms with E-state index in [-0.39, 0.29) is 11.9 Å². The van der Waals surface area contributed by atoms with E-state index in [2.05, 4.69) is 4.74 Å². The van der Waals surface area contributed by atoms with Crippen molar-refractivity contribution in [1.82, 2.24) is 0 Å². The number of carboxylic acid groups (broad SMARTS) is 1. The highest BCUT2D eigenvalue weighted by molar-refractivity contribution is 5.78. The van der Waals surface area contributed by atoms with Crippen LogP contribution in [0.5, 0.6) is 0 Å². The fourth-order valence-electron chi connectivity index (χ4n) is 2.33. The summed E-state index contributed by atoms with van der Waals surface area (Å²) in [5, 5.41) is 8.97. The minimum absolute atomic E-state index is 0.284. The molecule has 2 atom stereocenters. The van der Waals surface area contributed by atoms with Crippen molar-refractivity contribution in [3.05, 3.63) is 0 Å². The summed E-state index contributed by atoms with van der Waals surface area (Å²) >= 11 is 0. The highest BCUT2D eigenvalue weighted by atomic mass is 16.5. The Bertz CT molecular complexity index is 257. The van der Waals surface area contributed by atoms with Gasteiger partial charge in [0.1, 0.15) is 0 Å². The summed E-state index contributed by atoms with van der Waals surface area (Å²) in [4.78, 5) is 22.3. The minimum Gasteiger partial charge on any atom is -0.481 e. The van der Waals surface area contributed by atoms with Crippen LogP contribution in [0.25, 0.3) is 0 Å². The summed E-state index contributed by atoms with van der Waals surface area (Å²) in [6.07, 6.45) is 1.17. The monoisotopic (exact) mass is 200 g/mol. The summed E-state index contributed by atoms with van der Waals surface area (Å²) < 4.78 is 4.67. The molecule has 1 saturated carbocycles. The number of carbonyl (C=O) groups is 2. The molecule has 0 radical (unpaired) electrons. The average Bonchev–Trinajstić information content (AvgIpc) is 2.39. The SMILES string of the molecule is COC(=O)C1CCC(C(=O)O)C1(C)C. The third-order valence-electron chi connectivity index (χ3n) is 3.32. The summed E-state index contributed by atoms with van der Waals surface area (Å²) in [7, 11) is 1.34. The van der Waals surface area contributed by atoms with Crippen LogP contribution in [-0.2, 0) is 14.3 Å². The van der Waals surface area contributed by atoms with E-state index in [1.807, 2.05) is 13.8 Å². The van der Waals surface area contributed by atoms with Crippen molar-refractivity contribution >= 4 is 11.9 Å². The van der Waals surface area contributed by atoms with Crippen LogP contribution in [0.3, 0.4) is 0 Å². The highest BCUT2D eigenvalue weighted by Crippen LogP contribution is 2.47. The quantitative estimate of drug-likeness (QED) is 0.682. The Balaban J connectivity index is 2.86. The molecule has 0 bridgehead atoms. The topological polar surface area (TPSA) is 63.6 Å². The molecule has 0 saturated heterocycles. The first-order chi connectivity index (χ1) is 6.41. The first-order valence-electron chi connectivity index (χ1n) is 4.72. The van der Waals surface area contributed by atoms with E-state index in [9.17, 15) is 9.59 Å². The summed E-state index contributed by atoms with van der Waals surface area (Å²) in [5.74, 6) is -1.83. The van der Waals surface area contributed by atoms with Gasteiger partial charge in [0, 0.05) is 0 Å². The minimum atomic E-state index is -0.818. The molecular formula is C10H16O4. The Hall–Kier alpha value is -1.06. The van der Waals surface area contributed by atoms with Gasteiger partial charge in [-0.05, 0) is 18.3 Å². The lowest BCUT2D eigenvalue weighted by atomic mass is 9.75. The summed E-state index contributed by atoms with van der Waals surface area (Å²) in [5.41, 5.74) is -0.501. The molecule has 0 amide bonds. The van der Waals surface area contributed by atoms with Crippen molar-refractivity contribution in [2.75, 3.05) is 7.11 Å². The summed E-state index contributed by atoms with van der Waals surface area (Å²) in [6, 6.07) is 0. The van der Waals surface area contributed by atoms with Crippen LogP contribution in [0.2, 0.25) is 0 Å². The summed E-state index contributed by atoms with van der Waals surface area (Å²) in [6.45, 7) is 3.64. The Morgan fingerprint density at radius 2 is 1.79 bits per heavy atom. The zero-order valence-corrected chi connectivity index (χ0v) is 8.74. The van der Waals surface area contributed by atoms with Crippen LogP contribution in [0.4, 0.5) is 0 Å². The van der Waals surface area contributed by atoms with Gasteiger partial charge in [-0.15, -0.1) is 0 Å². The van der Waals surface area contributed by atoms with E-state index in [1.54, 1.807) is 0 Å². The second-order valence-electron chi connectivity index (χ2n) is 4.37. The van der Waals surface area contributed by atoms with Crippen molar-refractivity contribution in [3.8, 4) is 0 Å². The molecule has 80 valence electrons. The van der Waals surface area contributed by atoms with E-state index < -0.39 is 17.3 Å². The van der Waals surface area contributed by atoms with E-state index in [0.29, 0.717) is 12.8 Å².